The Morgan fingerprint density at radius 3 is 3.00 bits per heavy atom. The number of thiophene rings is 1. The van der Waals surface area contributed by atoms with Crippen LogP contribution in [0.15, 0.2) is 11.4 Å². The van der Waals surface area contributed by atoms with Crippen molar-refractivity contribution in [1.29, 1.82) is 0 Å². The fourth-order valence-corrected chi connectivity index (χ4v) is 4.39. The summed E-state index contributed by atoms with van der Waals surface area (Å²) >= 11 is 1.63. The van der Waals surface area contributed by atoms with Gasteiger partial charge < -0.3 is 4.90 Å². The van der Waals surface area contributed by atoms with Crippen LogP contribution in [0.3, 0.4) is 0 Å². The summed E-state index contributed by atoms with van der Waals surface area (Å²) in [5.74, 6) is -0.513. The van der Waals surface area contributed by atoms with Crippen LogP contribution < -0.4 is 0 Å². The molecule has 0 aromatic carbocycles. The Labute approximate surface area is 112 Å². The van der Waals surface area contributed by atoms with Gasteiger partial charge in [-0.15, -0.1) is 11.3 Å². The van der Waals surface area contributed by atoms with Crippen molar-refractivity contribution in [3.05, 3.63) is 21.9 Å². The summed E-state index contributed by atoms with van der Waals surface area (Å²) in [6.07, 6.45) is 1.39. The number of fused-ring (bicyclic) bond motifs is 1. The van der Waals surface area contributed by atoms with Crippen LogP contribution in [0.4, 0.5) is 0 Å². The minimum absolute atomic E-state index is 0.0941. The average Bonchev–Trinajstić information content (AvgIpc) is 2.74. The summed E-state index contributed by atoms with van der Waals surface area (Å²) in [5.41, 5.74) is 1.29. The molecule has 18 heavy (non-hydrogen) atoms. The second-order valence-corrected chi connectivity index (χ2v) is 7.71. The second-order valence-electron chi connectivity index (χ2n) is 4.53. The first-order valence-corrected chi connectivity index (χ1v) is 8.75. The summed E-state index contributed by atoms with van der Waals surface area (Å²) in [6.45, 7) is 3.00. The van der Waals surface area contributed by atoms with Gasteiger partial charge in [0.25, 0.3) is 0 Å². The average molecular weight is 287 g/mol. The van der Waals surface area contributed by atoms with Crippen molar-refractivity contribution in [3.63, 3.8) is 0 Å². The molecule has 1 aliphatic heterocycles. The molecular weight excluding hydrogens is 270 g/mol. The Morgan fingerprint density at radius 2 is 2.28 bits per heavy atom. The number of carbonyl (C=O) groups is 1. The Balaban J connectivity index is 2.00. The van der Waals surface area contributed by atoms with Crippen molar-refractivity contribution < 1.29 is 13.2 Å². The molecular formula is C12H17NO3S2. The lowest BCUT2D eigenvalue weighted by atomic mass is 10.1. The number of carbonyl (C=O) groups excluding carboxylic acids is 1. The molecule has 6 heteroatoms. The van der Waals surface area contributed by atoms with E-state index in [0.717, 1.165) is 6.42 Å². The van der Waals surface area contributed by atoms with Gasteiger partial charge in [0.15, 0.2) is 9.84 Å². The van der Waals surface area contributed by atoms with Crippen molar-refractivity contribution in [2.45, 2.75) is 26.3 Å². The largest absolute Gasteiger partial charge is 0.336 e. The normalized spacial score (nSPS) is 15.5. The van der Waals surface area contributed by atoms with Crippen LogP contribution in [0.5, 0.6) is 0 Å². The van der Waals surface area contributed by atoms with Crippen LogP contribution in [0, 0.1) is 0 Å². The summed E-state index contributed by atoms with van der Waals surface area (Å²) in [7, 11) is -3.23. The maximum Gasteiger partial charge on any atom is 0.238 e. The van der Waals surface area contributed by atoms with Gasteiger partial charge in [-0.1, -0.05) is 6.92 Å². The van der Waals surface area contributed by atoms with Crippen molar-refractivity contribution in [2.75, 3.05) is 18.1 Å². The van der Waals surface area contributed by atoms with Crippen LogP contribution in [-0.2, 0) is 27.6 Å². The molecule has 0 N–H and O–H groups in total. The Morgan fingerprint density at radius 1 is 1.50 bits per heavy atom. The maximum absolute atomic E-state index is 12.0. The lowest BCUT2D eigenvalue weighted by Crippen LogP contribution is -2.39. The number of sulfone groups is 1. The topological polar surface area (TPSA) is 54.5 Å². The molecule has 100 valence electrons. The van der Waals surface area contributed by atoms with E-state index in [0.29, 0.717) is 19.5 Å². The summed E-state index contributed by atoms with van der Waals surface area (Å²) in [6, 6.07) is 2.08. The third-order valence-electron chi connectivity index (χ3n) is 3.03. The molecule has 2 rings (SSSR count). The van der Waals surface area contributed by atoms with Crippen molar-refractivity contribution in [1.82, 2.24) is 4.90 Å². The van der Waals surface area contributed by atoms with E-state index in [9.17, 15) is 13.2 Å². The maximum atomic E-state index is 12.0. The first-order chi connectivity index (χ1) is 8.52. The zero-order chi connectivity index (χ0) is 13.2. The molecule has 0 radical (unpaired) electrons. The molecule has 0 unspecified atom stereocenters. The van der Waals surface area contributed by atoms with E-state index < -0.39 is 9.84 Å². The van der Waals surface area contributed by atoms with E-state index >= 15 is 0 Å². The molecule has 0 bridgehead atoms. The molecule has 0 saturated carbocycles. The van der Waals surface area contributed by atoms with E-state index in [2.05, 4.69) is 6.07 Å². The summed E-state index contributed by atoms with van der Waals surface area (Å²) < 4.78 is 23.3. The highest BCUT2D eigenvalue weighted by molar-refractivity contribution is 7.92. The van der Waals surface area contributed by atoms with Gasteiger partial charge in [-0.05, 0) is 29.9 Å². The number of nitrogens with zero attached hydrogens (tertiary/aromatic N) is 1. The first kappa shape index (κ1) is 13.5. The number of rotatable bonds is 4. The third-order valence-corrected chi connectivity index (χ3v) is 5.70. The molecule has 0 atom stereocenters. The Kier molecular flexibility index (Phi) is 4.07. The zero-order valence-corrected chi connectivity index (χ0v) is 12.0. The predicted octanol–water partition coefficient (Wildman–Crippen LogP) is 1.46. The molecule has 1 aliphatic rings. The third kappa shape index (κ3) is 3.11. The van der Waals surface area contributed by atoms with Gasteiger partial charge >= 0.3 is 0 Å². The number of amides is 1. The van der Waals surface area contributed by atoms with Gasteiger partial charge in [0, 0.05) is 11.4 Å². The predicted molar refractivity (Wildman–Crippen MR) is 72.4 cm³/mol. The molecule has 1 aromatic heterocycles. The van der Waals surface area contributed by atoms with Crippen molar-refractivity contribution in [3.8, 4) is 0 Å². The van der Waals surface area contributed by atoms with Gasteiger partial charge in [0.1, 0.15) is 5.75 Å². The van der Waals surface area contributed by atoms with Crippen molar-refractivity contribution in [2.24, 2.45) is 0 Å². The first-order valence-electron chi connectivity index (χ1n) is 6.05. The van der Waals surface area contributed by atoms with E-state index in [1.807, 2.05) is 5.38 Å². The number of hydrogen-bond acceptors (Lipinski definition) is 4. The molecule has 0 fully saturated rings. The SMILES string of the molecule is CCCS(=O)(=O)CC(=O)N1CCc2ccsc2C1. The molecule has 0 spiro atoms. The fourth-order valence-electron chi connectivity index (χ4n) is 2.11. The van der Waals surface area contributed by atoms with Gasteiger partial charge in [0.05, 0.1) is 12.3 Å². The van der Waals surface area contributed by atoms with Gasteiger partial charge in [-0.2, -0.15) is 0 Å². The highest BCUT2D eigenvalue weighted by Gasteiger charge is 2.25. The van der Waals surface area contributed by atoms with E-state index in [4.69, 9.17) is 0 Å². The molecule has 0 aliphatic carbocycles. The minimum atomic E-state index is -3.23. The quantitative estimate of drug-likeness (QED) is 0.842. The van der Waals surface area contributed by atoms with Gasteiger partial charge in [-0.25, -0.2) is 8.42 Å². The smallest absolute Gasteiger partial charge is 0.238 e. The fraction of sp³-hybridized carbons (Fsp3) is 0.583. The van der Waals surface area contributed by atoms with Crippen LogP contribution in [0.1, 0.15) is 23.8 Å². The van der Waals surface area contributed by atoms with Crippen LogP contribution >= 0.6 is 11.3 Å². The van der Waals surface area contributed by atoms with Crippen molar-refractivity contribution >= 4 is 27.1 Å². The standard InChI is InChI=1S/C12H17NO3S2/c1-2-7-18(15,16)9-12(14)13-5-3-10-4-6-17-11(10)8-13/h4,6H,2-3,5,7-9H2,1H3. The van der Waals surface area contributed by atoms with E-state index in [1.165, 1.54) is 10.4 Å². The van der Waals surface area contributed by atoms with E-state index in [1.54, 1.807) is 23.2 Å². The minimum Gasteiger partial charge on any atom is -0.336 e. The Hall–Kier alpha value is -0.880. The van der Waals surface area contributed by atoms with Crippen LogP contribution in [-0.4, -0.2) is 37.3 Å². The highest BCUT2D eigenvalue weighted by atomic mass is 32.2. The van der Waals surface area contributed by atoms with Gasteiger partial charge in [0.2, 0.25) is 5.91 Å². The lowest BCUT2D eigenvalue weighted by molar-refractivity contribution is -0.129. The van der Waals surface area contributed by atoms with E-state index in [-0.39, 0.29) is 17.4 Å². The molecule has 0 saturated heterocycles. The monoisotopic (exact) mass is 287 g/mol. The molecule has 1 amide bonds. The van der Waals surface area contributed by atoms with Crippen LogP contribution in [0.25, 0.3) is 0 Å². The molecule has 2 heterocycles. The summed E-state index contributed by atoms with van der Waals surface area (Å²) in [4.78, 5) is 14.8. The number of hydrogen-bond donors (Lipinski definition) is 0. The van der Waals surface area contributed by atoms with Crippen LogP contribution in [0.2, 0.25) is 0 Å². The zero-order valence-electron chi connectivity index (χ0n) is 10.4. The highest BCUT2D eigenvalue weighted by Crippen LogP contribution is 2.24. The second kappa shape index (κ2) is 5.40. The Bertz CT molecular complexity index is 533. The molecule has 1 aromatic rings. The lowest BCUT2D eigenvalue weighted by Gasteiger charge is -2.26. The van der Waals surface area contributed by atoms with Gasteiger partial charge in [-0.3, -0.25) is 4.79 Å². The molecule has 4 nitrogen and oxygen atoms in total. The summed E-state index contributed by atoms with van der Waals surface area (Å²) in [5, 5.41) is 2.02.